The molecular weight excluding hydrogens is 180 g/mol. The Kier molecular flexibility index (Phi) is 2.77. The van der Waals surface area contributed by atoms with Crippen molar-refractivity contribution in [1.82, 2.24) is 9.97 Å². The van der Waals surface area contributed by atoms with Gasteiger partial charge in [-0.15, -0.1) is 0 Å². The van der Waals surface area contributed by atoms with Crippen molar-refractivity contribution in [2.45, 2.75) is 20.8 Å². The summed E-state index contributed by atoms with van der Waals surface area (Å²) in [6.45, 7) is 4.82. The van der Waals surface area contributed by atoms with Gasteiger partial charge in [0.15, 0.2) is 12.0 Å². The maximum atomic E-state index is 11.0. The van der Waals surface area contributed by atoms with Crippen LogP contribution in [-0.4, -0.2) is 15.9 Å². The summed E-state index contributed by atoms with van der Waals surface area (Å²) in [4.78, 5) is 20.0. The minimum absolute atomic E-state index is 0.324. The molecule has 0 fully saturated rings. The highest BCUT2D eigenvalue weighted by Crippen LogP contribution is 2.11. The third-order valence-electron chi connectivity index (χ3n) is 1.60. The van der Waals surface area contributed by atoms with E-state index in [2.05, 4.69) is 9.97 Å². The molecular formula is C9H10N4O. The van der Waals surface area contributed by atoms with Crippen molar-refractivity contribution in [3.05, 3.63) is 17.6 Å². The van der Waals surface area contributed by atoms with E-state index in [-0.39, 0.29) is 5.91 Å². The van der Waals surface area contributed by atoms with E-state index in [0.717, 1.165) is 10.6 Å². The Morgan fingerprint density at radius 1 is 1.50 bits per heavy atom. The van der Waals surface area contributed by atoms with Crippen LogP contribution in [0.4, 0.5) is 5.82 Å². The average molecular weight is 190 g/mol. The van der Waals surface area contributed by atoms with Crippen molar-refractivity contribution < 1.29 is 4.79 Å². The van der Waals surface area contributed by atoms with E-state index in [1.54, 1.807) is 26.1 Å². The molecule has 0 saturated carbocycles. The van der Waals surface area contributed by atoms with Gasteiger partial charge in [-0.05, 0) is 13.8 Å². The number of carbonyl (C=O) groups excluding carboxylic acids is 1. The molecule has 0 atom stereocenters. The van der Waals surface area contributed by atoms with E-state index < -0.39 is 0 Å². The second-order valence-electron chi connectivity index (χ2n) is 2.87. The van der Waals surface area contributed by atoms with E-state index in [1.807, 2.05) is 0 Å². The molecule has 1 amide bonds. The van der Waals surface area contributed by atoms with Crippen molar-refractivity contribution in [3.63, 3.8) is 0 Å². The summed E-state index contributed by atoms with van der Waals surface area (Å²) >= 11 is 0. The van der Waals surface area contributed by atoms with Crippen LogP contribution in [0.1, 0.15) is 18.4 Å². The predicted molar refractivity (Wildman–Crippen MR) is 50.3 cm³/mol. The third-order valence-corrected chi connectivity index (χ3v) is 1.60. The summed E-state index contributed by atoms with van der Waals surface area (Å²) in [5.41, 5.74) is 0.731. The van der Waals surface area contributed by atoms with Gasteiger partial charge in [-0.2, -0.15) is 10.2 Å². The molecule has 1 aromatic heterocycles. The Morgan fingerprint density at radius 3 is 2.57 bits per heavy atom. The molecule has 0 unspecified atom stereocenters. The topological polar surface area (TPSA) is 69.9 Å². The average Bonchev–Trinajstić information content (AvgIpc) is 2.02. The molecule has 72 valence electrons. The molecule has 14 heavy (non-hydrogen) atoms. The first-order valence-corrected chi connectivity index (χ1v) is 4.07. The van der Waals surface area contributed by atoms with Gasteiger partial charge >= 0.3 is 0 Å². The van der Waals surface area contributed by atoms with Crippen molar-refractivity contribution >= 4 is 11.7 Å². The number of amides is 1. The lowest BCUT2D eigenvalue weighted by Gasteiger charge is -2.10. The Labute approximate surface area is 82.0 Å². The summed E-state index contributed by atoms with van der Waals surface area (Å²) in [7, 11) is 0. The SMILES string of the molecule is CC(=O)N(C#N)c1cc(C)nc(C)n1. The lowest BCUT2D eigenvalue weighted by atomic mass is 10.4. The van der Waals surface area contributed by atoms with Crippen molar-refractivity contribution in [1.29, 1.82) is 5.26 Å². The van der Waals surface area contributed by atoms with E-state index in [9.17, 15) is 4.79 Å². The standard InChI is InChI=1S/C9H10N4O/c1-6-4-9(12-7(2)11-6)13(5-10)8(3)14/h4H,1-3H3. The Hall–Kier alpha value is -1.96. The number of hydrogen-bond acceptors (Lipinski definition) is 4. The quantitative estimate of drug-likeness (QED) is 0.488. The molecule has 0 bridgehead atoms. The zero-order valence-electron chi connectivity index (χ0n) is 8.27. The normalized spacial score (nSPS) is 9.29. The van der Waals surface area contributed by atoms with Crippen LogP contribution in [0.2, 0.25) is 0 Å². The fourth-order valence-electron chi connectivity index (χ4n) is 1.09. The first-order valence-electron chi connectivity index (χ1n) is 4.07. The zero-order chi connectivity index (χ0) is 10.7. The van der Waals surface area contributed by atoms with Crippen LogP contribution >= 0.6 is 0 Å². The third kappa shape index (κ3) is 2.04. The van der Waals surface area contributed by atoms with Crippen LogP contribution in [0.5, 0.6) is 0 Å². The van der Waals surface area contributed by atoms with Gasteiger partial charge in [-0.3, -0.25) is 4.79 Å². The molecule has 1 rings (SSSR count). The number of anilines is 1. The molecule has 0 aliphatic heterocycles. The lowest BCUT2D eigenvalue weighted by molar-refractivity contribution is -0.115. The van der Waals surface area contributed by atoms with Crippen LogP contribution in [0.25, 0.3) is 0 Å². The number of rotatable bonds is 1. The van der Waals surface area contributed by atoms with Crippen molar-refractivity contribution in [2.75, 3.05) is 4.90 Å². The summed E-state index contributed by atoms with van der Waals surface area (Å²) in [5, 5.41) is 8.73. The number of aromatic nitrogens is 2. The van der Waals surface area contributed by atoms with Crippen LogP contribution < -0.4 is 4.90 Å². The summed E-state index contributed by atoms with van der Waals surface area (Å²) in [6, 6.07) is 1.59. The fraction of sp³-hybridized carbons (Fsp3) is 0.333. The van der Waals surface area contributed by atoms with Crippen LogP contribution in [0.15, 0.2) is 6.07 Å². The highest BCUT2D eigenvalue weighted by molar-refractivity contribution is 5.93. The molecule has 1 heterocycles. The smallest absolute Gasteiger partial charge is 0.238 e. The highest BCUT2D eigenvalue weighted by atomic mass is 16.2. The summed E-state index contributed by atoms with van der Waals surface area (Å²) in [6.07, 6.45) is 1.77. The van der Waals surface area contributed by atoms with Gasteiger partial charge in [0.05, 0.1) is 0 Å². The molecule has 5 heteroatoms. The largest absolute Gasteiger partial charge is 0.274 e. The Bertz CT molecular complexity index is 388. The van der Waals surface area contributed by atoms with Crippen molar-refractivity contribution in [3.8, 4) is 6.19 Å². The van der Waals surface area contributed by atoms with Crippen LogP contribution in [-0.2, 0) is 4.79 Å². The molecule has 0 radical (unpaired) electrons. The molecule has 5 nitrogen and oxygen atoms in total. The molecule has 1 aromatic rings. The molecule has 0 aliphatic carbocycles. The van der Waals surface area contributed by atoms with Gasteiger partial charge in [-0.1, -0.05) is 0 Å². The maximum Gasteiger partial charge on any atom is 0.238 e. The molecule has 0 N–H and O–H groups in total. The zero-order valence-corrected chi connectivity index (χ0v) is 8.27. The van der Waals surface area contributed by atoms with Crippen molar-refractivity contribution in [2.24, 2.45) is 0 Å². The number of hydrogen-bond donors (Lipinski definition) is 0. The Balaban J connectivity index is 3.18. The maximum absolute atomic E-state index is 11.0. The second kappa shape index (κ2) is 3.83. The number of aryl methyl sites for hydroxylation is 2. The first kappa shape index (κ1) is 10.1. The molecule has 0 aromatic carbocycles. The molecule has 0 saturated heterocycles. The minimum atomic E-state index is -0.356. The molecule has 0 spiro atoms. The second-order valence-corrected chi connectivity index (χ2v) is 2.87. The number of nitriles is 1. The number of nitrogens with zero attached hydrogens (tertiary/aromatic N) is 4. The van der Waals surface area contributed by atoms with Gasteiger partial charge in [0, 0.05) is 18.7 Å². The highest BCUT2D eigenvalue weighted by Gasteiger charge is 2.12. The van der Waals surface area contributed by atoms with E-state index in [4.69, 9.17) is 5.26 Å². The fourth-order valence-corrected chi connectivity index (χ4v) is 1.09. The molecule has 0 aliphatic rings. The van der Waals surface area contributed by atoms with E-state index >= 15 is 0 Å². The number of carbonyl (C=O) groups is 1. The summed E-state index contributed by atoms with van der Waals surface area (Å²) in [5.74, 6) is 0.511. The van der Waals surface area contributed by atoms with E-state index in [0.29, 0.717) is 11.6 Å². The van der Waals surface area contributed by atoms with Gasteiger partial charge in [0.2, 0.25) is 5.91 Å². The lowest BCUT2D eigenvalue weighted by Crippen LogP contribution is -2.23. The minimum Gasteiger partial charge on any atom is -0.274 e. The first-order chi connectivity index (χ1) is 6.54. The Morgan fingerprint density at radius 2 is 2.14 bits per heavy atom. The van der Waals surface area contributed by atoms with Gasteiger partial charge in [0.1, 0.15) is 5.82 Å². The van der Waals surface area contributed by atoms with Crippen LogP contribution in [0.3, 0.4) is 0 Å². The van der Waals surface area contributed by atoms with Gasteiger partial charge in [0.25, 0.3) is 0 Å². The van der Waals surface area contributed by atoms with E-state index in [1.165, 1.54) is 6.92 Å². The monoisotopic (exact) mass is 190 g/mol. The van der Waals surface area contributed by atoms with Gasteiger partial charge in [-0.25, -0.2) is 9.97 Å². The predicted octanol–water partition coefficient (Wildman–Crippen LogP) is 0.927. The van der Waals surface area contributed by atoms with Crippen LogP contribution in [0, 0.1) is 25.3 Å². The summed E-state index contributed by atoms with van der Waals surface area (Å²) < 4.78 is 0. The van der Waals surface area contributed by atoms with Gasteiger partial charge < -0.3 is 0 Å².